The Kier molecular flexibility index (Phi) is 3.76. The van der Waals surface area contributed by atoms with Crippen LogP contribution in [0.3, 0.4) is 0 Å². The van der Waals surface area contributed by atoms with Crippen LogP contribution in [-0.2, 0) is 0 Å². The quantitative estimate of drug-likeness (QED) is 0.839. The first-order valence-electron chi connectivity index (χ1n) is 6.29. The van der Waals surface area contributed by atoms with E-state index >= 15 is 0 Å². The van der Waals surface area contributed by atoms with Crippen LogP contribution in [0.1, 0.15) is 36.5 Å². The second-order valence-electron chi connectivity index (χ2n) is 4.87. The summed E-state index contributed by atoms with van der Waals surface area (Å²) in [5.41, 5.74) is -0.715. The number of carbonyl (C=O) groups excluding carboxylic acids is 1. The highest BCUT2D eigenvalue weighted by Crippen LogP contribution is 2.34. The van der Waals surface area contributed by atoms with Crippen molar-refractivity contribution in [3.8, 4) is 0 Å². The molecule has 0 aromatic heterocycles. The largest absolute Gasteiger partial charge is 0.316 e. The van der Waals surface area contributed by atoms with Crippen LogP contribution in [0.15, 0.2) is 18.2 Å². The lowest BCUT2D eigenvalue weighted by atomic mass is 9.72. The topological polar surface area (TPSA) is 29.1 Å². The van der Waals surface area contributed by atoms with E-state index in [1.807, 2.05) is 6.92 Å². The molecule has 1 aliphatic heterocycles. The maximum atomic E-state index is 13.7. The fourth-order valence-electron chi connectivity index (χ4n) is 2.58. The van der Waals surface area contributed by atoms with Crippen molar-refractivity contribution in [1.82, 2.24) is 5.32 Å². The van der Waals surface area contributed by atoms with Crippen molar-refractivity contribution >= 4 is 5.78 Å². The molecule has 98 valence electrons. The van der Waals surface area contributed by atoms with E-state index in [0.29, 0.717) is 13.0 Å². The molecule has 2 rings (SSSR count). The van der Waals surface area contributed by atoms with E-state index in [1.54, 1.807) is 0 Å². The Morgan fingerprint density at radius 2 is 2.22 bits per heavy atom. The van der Waals surface area contributed by atoms with Gasteiger partial charge in [0.1, 0.15) is 11.6 Å². The average Bonchev–Trinajstić information content (AvgIpc) is 2.41. The summed E-state index contributed by atoms with van der Waals surface area (Å²) in [6.45, 7) is 3.33. The lowest BCUT2D eigenvalue weighted by molar-refractivity contribution is 0.0725. The SMILES string of the molecule is CCC1(C(=O)c2cc(F)ccc2F)CCCNC1. The molecule has 1 saturated heterocycles. The number of benzene rings is 1. The molecule has 0 amide bonds. The fraction of sp³-hybridized carbons (Fsp3) is 0.500. The molecule has 1 N–H and O–H groups in total. The summed E-state index contributed by atoms with van der Waals surface area (Å²) in [7, 11) is 0. The molecule has 0 radical (unpaired) electrons. The van der Waals surface area contributed by atoms with Crippen LogP contribution < -0.4 is 5.32 Å². The molecule has 2 nitrogen and oxygen atoms in total. The van der Waals surface area contributed by atoms with Crippen LogP contribution in [0, 0.1) is 17.0 Å². The molecule has 1 unspecified atom stereocenters. The van der Waals surface area contributed by atoms with Gasteiger partial charge in [0.25, 0.3) is 0 Å². The Bertz CT molecular complexity index is 453. The highest BCUT2D eigenvalue weighted by Gasteiger charge is 2.39. The number of hydrogen-bond donors (Lipinski definition) is 1. The van der Waals surface area contributed by atoms with Crippen molar-refractivity contribution in [3.63, 3.8) is 0 Å². The normalized spacial score (nSPS) is 23.9. The molecule has 4 heteroatoms. The van der Waals surface area contributed by atoms with Crippen LogP contribution >= 0.6 is 0 Å². The van der Waals surface area contributed by atoms with Crippen LogP contribution in [0.5, 0.6) is 0 Å². The minimum atomic E-state index is -0.639. The standard InChI is InChI=1S/C14H17F2NO/c1-2-14(6-3-7-17-9-14)13(18)11-8-10(15)4-5-12(11)16/h4-5,8,17H,2-3,6-7,9H2,1H3. The molecule has 0 aliphatic carbocycles. The van der Waals surface area contributed by atoms with Crippen molar-refractivity contribution < 1.29 is 13.6 Å². The van der Waals surface area contributed by atoms with Crippen molar-refractivity contribution in [2.24, 2.45) is 5.41 Å². The van der Waals surface area contributed by atoms with Crippen molar-refractivity contribution in [3.05, 3.63) is 35.4 Å². The molecule has 0 bridgehead atoms. The third-order valence-corrected chi connectivity index (χ3v) is 3.80. The third kappa shape index (κ3) is 2.29. The Balaban J connectivity index is 2.36. The maximum Gasteiger partial charge on any atom is 0.173 e. The minimum Gasteiger partial charge on any atom is -0.316 e. The van der Waals surface area contributed by atoms with Gasteiger partial charge in [-0.1, -0.05) is 6.92 Å². The van der Waals surface area contributed by atoms with Gasteiger partial charge in [0.2, 0.25) is 0 Å². The summed E-state index contributed by atoms with van der Waals surface area (Å²) >= 11 is 0. The highest BCUT2D eigenvalue weighted by molar-refractivity contribution is 6.01. The van der Waals surface area contributed by atoms with E-state index in [2.05, 4.69) is 5.32 Å². The van der Waals surface area contributed by atoms with Gasteiger partial charge in [-0.2, -0.15) is 0 Å². The number of carbonyl (C=O) groups is 1. The molecular formula is C14H17F2NO. The molecule has 1 heterocycles. The lowest BCUT2D eigenvalue weighted by Gasteiger charge is -2.35. The number of ketones is 1. The third-order valence-electron chi connectivity index (χ3n) is 3.80. The molecule has 1 aromatic carbocycles. The summed E-state index contributed by atoms with van der Waals surface area (Å²) in [6.07, 6.45) is 2.25. The van der Waals surface area contributed by atoms with E-state index in [0.717, 1.165) is 37.6 Å². The molecule has 0 saturated carbocycles. The second-order valence-corrected chi connectivity index (χ2v) is 4.87. The summed E-state index contributed by atoms with van der Waals surface area (Å²) in [5, 5.41) is 3.17. The van der Waals surface area contributed by atoms with Gasteiger partial charge < -0.3 is 5.32 Å². The fourth-order valence-corrected chi connectivity index (χ4v) is 2.58. The van der Waals surface area contributed by atoms with Gasteiger partial charge >= 0.3 is 0 Å². The first kappa shape index (κ1) is 13.1. The molecule has 0 spiro atoms. The molecule has 1 atom stereocenters. The van der Waals surface area contributed by atoms with Crippen LogP contribution in [-0.4, -0.2) is 18.9 Å². The summed E-state index contributed by atoms with van der Waals surface area (Å²) in [6, 6.07) is 3.05. The van der Waals surface area contributed by atoms with E-state index in [-0.39, 0.29) is 11.3 Å². The zero-order valence-corrected chi connectivity index (χ0v) is 10.4. The average molecular weight is 253 g/mol. The number of rotatable bonds is 3. The second kappa shape index (κ2) is 5.14. The van der Waals surface area contributed by atoms with Crippen molar-refractivity contribution in [2.45, 2.75) is 26.2 Å². The zero-order chi connectivity index (χ0) is 13.2. The van der Waals surface area contributed by atoms with Crippen LogP contribution in [0.25, 0.3) is 0 Å². The Morgan fingerprint density at radius 1 is 1.44 bits per heavy atom. The van der Waals surface area contributed by atoms with E-state index in [4.69, 9.17) is 0 Å². The monoisotopic (exact) mass is 253 g/mol. The number of Topliss-reactive ketones (excluding diaryl/α,β-unsaturated/α-hetero) is 1. The van der Waals surface area contributed by atoms with Crippen LogP contribution in [0.2, 0.25) is 0 Å². The molecular weight excluding hydrogens is 236 g/mol. The number of halogens is 2. The van der Waals surface area contributed by atoms with E-state index in [1.165, 1.54) is 0 Å². The van der Waals surface area contributed by atoms with Crippen LogP contribution in [0.4, 0.5) is 8.78 Å². The summed E-state index contributed by atoms with van der Waals surface area (Å²) in [4.78, 5) is 12.5. The van der Waals surface area contributed by atoms with Crippen molar-refractivity contribution in [1.29, 1.82) is 0 Å². The molecule has 1 aliphatic rings. The predicted molar refractivity (Wildman–Crippen MR) is 65.5 cm³/mol. The van der Waals surface area contributed by atoms with Gasteiger partial charge in [-0.15, -0.1) is 0 Å². The Hall–Kier alpha value is -1.29. The van der Waals surface area contributed by atoms with E-state index in [9.17, 15) is 13.6 Å². The number of hydrogen-bond acceptors (Lipinski definition) is 2. The van der Waals surface area contributed by atoms with Gasteiger partial charge in [0.15, 0.2) is 5.78 Å². The van der Waals surface area contributed by atoms with Gasteiger partial charge in [-0.05, 0) is 44.0 Å². The molecule has 1 fully saturated rings. The number of piperidine rings is 1. The zero-order valence-electron chi connectivity index (χ0n) is 10.4. The van der Waals surface area contributed by atoms with Gasteiger partial charge in [0.05, 0.1) is 5.56 Å². The van der Waals surface area contributed by atoms with Gasteiger partial charge in [0, 0.05) is 12.0 Å². The van der Waals surface area contributed by atoms with Crippen molar-refractivity contribution in [2.75, 3.05) is 13.1 Å². The summed E-state index contributed by atoms with van der Waals surface area (Å²) in [5.74, 6) is -1.50. The minimum absolute atomic E-state index is 0.124. The first-order valence-corrected chi connectivity index (χ1v) is 6.29. The molecule has 1 aromatic rings. The van der Waals surface area contributed by atoms with E-state index < -0.39 is 17.0 Å². The predicted octanol–water partition coefficient (Wildman–Crippen LogP) is 2.93. The number of nitrogens with one attached hydrogen (secondary N) is 1. The Morgan fingerprint density at radius 3 is 2.83 bits per heavy atom. The highest BCUT2D eigenvalue weighted by atomic mass is 19.1. The smallest absolute Gasteiger partial charge is 0.173 e. The lowest BCUT2D eigenvalue weighted by Crippen LogP contribution is -2.45. The summed E-state index contributed by atoms with van der Waals surface area (Å²) < 4.78 is 26.8. The maximum absolute atomic E-state index is 13.7. The molecule has 18 heavy (non-hydrogen) atoms. The van der Waals surface area contributed by atoms with Gasteiger partial charge in [-0.25, -0.2) is 8.78 Å². The first-order chi connectivity index (χ1) is 8.59. The van der Waals surface area contributed by atoms with Gasteiger partial charge in [-0.3, -0.25) is 4.79 Å². The Labute approximate surface area is 105 Å².